The van der Waals surface area contributed by atoms with Gasteiger partial charge in [0.05, 0.1) is 49.1 Å². The Balaban J connectivity index is 1.20. The summed E-state index contributed by atoms with van der Waals surface area (Å²) in [6.45, 7) is 10.7. The number of allylic oxidation sites excluding steroid dienone is 1. The molecule has 4 unspecified atom stereocenters. The Labute approximate surface area is 346 Å². The summed E-state index contributed by atoms with van der Waals surface area (Å²) in [5, 5.41) is 89.0. The molecule has 0 amide bonds. The van der Waals surface area contributed by atoms with Crippen molar-refractivity contribution < 1.29 is 74.1 Å². The maximum atomic E-state index is 13.1. The molecule has 4 saturated heterocycles. The number of carboxylic acids is 1. The Morgan fingerprint density at radius 2 is 1.46 bits per heavy atom. The van der Waals surface area contributed by atoms with E-state index in [-0.39, 0.29) is 47.5 Å². The number of Topliss-reactive ketones (excluding diaryl/α,β-unsaturated/α-hetero) is 1. The van der Waals surface area contributed by atoms with E-state index in [9.17, 15) is 50.4 Å². The van der Waals surface area contributed by atoms with E-state index >= 15 is 0 Å². The molecule has 8 rings (SSSR count). The summed E-state index contributed by atoms with van der Waals surface area (Å²) in [7, 11) is 0. The Morgan fingerprint density at radius 3 is 2.17 bits per heavy atom. The van der Waals surface area contributed by atoms with Gasteiger partial charge in [-0.15, -0.1) is 0 Å². The number of carbonyl (C=O) groups excluding carboxylic acids is 1. The number of carboxylic acid groups (broad SMARTS) is 1. The number of rotatable bonds is 6. The lowest BCUT2D eigenvalue weighted by Gasteiger charge is -2.60. The van der Waals surface area contributed by atoms with Gasteiger partial charge in [0.25, 0.3) is 0 Å². The lowest BCUT2D eigenvalue weighted by molar-refractivity contribution is -0.339. The second-order valence-corrected chi connectivity index (χ2v) is 20.7. The van der Waals surface area contributed by atoms with Crippen molar-refractivity contribution in [3.63, 3.8) is 0 Å². The molecular formula is C44H68O15. The van der Waals surface area contributed by atoms with Gasteiger partial charge < -0.3 is 64.5 Å². The highest BCUT2D eigenvalue weighted by Gasteiger charge is 2.63. The normalized spacial score (nSPS) is 52.8. The van der Waals surface area contributed by atoms with Crippen molar-refractivity contribution in [1.82, 2.24) is 0 Å². The van der Waals surface area contributed by atoms with Crippen LogP contribution >= 0.6 is 0 Å². The molecule has 4 heterocycles. The predicted molar refractivity (Wildman–Crippen MR) is 207 cm³/mol. The molecular weight excluding hydrogens is 768 g/mol. The van der Waals surface area contributed by atoms with Crippen LogP contribution in [0.1, 0.15) is 98.8 Å². The van der Waals surface area contributed by atoms with Crippen LogP contribution in [0.15, 0.2) is 11.6 Å². The van der Waals surface area contributed by atoms with Crippen LogP contribution in [0.4, 0.5) is 0 Å². The molecule has 0 aromatic rings. The van der Waals surface area contributed by atoms with E-state index < -0.39 is 104 Å². The molecule has 0 radical (unpaired) electrons. The van der Waals surface area contributed by atoms with Crippen molar-refractivity contribution in [2.45, 2.75) is 185 Å². The molecule has 3 saturated carbocycles. The van der Waals surface area contributed by atoms with E-state index in [1.54, 1.807) is 0 Å². The summed E-state index contributed by atoms with van der Waals surface area (Å²) in [5.41, 5.74) is 0.915. The zero-order valence-corrected chi connectivity index (χ0v) is 35.0. The summed E-state index contributed by atoms with van der Waals surface area (Å²) in [4.78, 5) is 25.6. The molecule has 4 bridgehead atoms. The van der Waals surface area contributed by atoms with Gasteiger partial charge in [-0.2, -0.15) is 0 Å². The third-order valence-corrected chi connectivity index (χ3v) is 16.8. The van der Waals surface area contributed by atoms with Crippen LogP contribution in [0.5, 0.6) is 0 Å². The standard InChI is InChI=1S/C44H68O15/c1-18(2)12-20(45)13-19(3)24-6-7-25-22-15-29-27-14-21(8-10-44(27,5)26(22)9-11-43(24,25)4)56-42-37(52)35(50)33(48)30(58-42)16-23-32(47)28(46)17-55-38(23)31-34(49)36(51)39(40(53)54)59-41(31)57-29/h15,18-19,21,23-39,41-42,46-52H,6-14,16-17H2,1-5H3,(H,53,54)/t19-,21?,23-,24-,25+,26+,27-,28+,29?,30-,31-,32?,33+,34-,35+,36+,37-,38-,39+,41?,42-,43-,44-/m1/s1. The number of aliphatic hydroxyl groups excluding tert-OH is 7. The number of aliphatic carboxylic acids is 1. The number of aliphatic hydroxyl groups is 7. The average molecular weight is 837 g/mol. The fourth-order valence-electron chi connectivity index (χ4n) is 13.8. The van der Waals surface area contributed by atoms with Crippen LogP contribution in [0.25, 0.3) is 0 Å². The lowest BCUT2D eigenvalue weighted by atomic mass is 9.47. The predicted octanol–water partition coefficient (Wildman–Crippen LogP) is 1.68. The monoisotopic (exact) mass is 836 g/mol. The highest BCUT2D eigenvalue weighted by molar-refractivity contribution is 5.78. The van der Waals surface area contributed by atoms with E-state index in [1.165, 1.54) is 5.57 Å². The largest absolute Gasteiger partial charge is 0.479 e. The first-order valence-electron chi connectivity index (χ1n) is 22.3. The zero-order chi connectivity index (χ0) is 42.5. The first-order valence-corrected chi connectivity index (χ1v) is 22.3. The van der Waals surface area contributed by atoms with Crippen molar-refractivity contribution in [2.75, 3.05) is 6.61 Å². The van der Waals surface area contributed by atoms with E-state index in [1.807, 2.05) is 0 Å². The minimum Gasteiger partial charge on any atom is -0.479 e. The van der Waals surface area contributed by atoms with Gasteiger partial charge in [0, 0.05) is 18.8 Å². The Hall–Kier alpha value is -1.60. The number of ketones is 1. The summed E-state index contributed by atoms with van der Waals surface area (Å²) >= 11 is 0. The first-order chi connectivity index (χ1) is 27.8. The van der Waals surface area contributed by atoms with Crippen molar-refractivity contribution in [2.24, 2.45) is 58.2 Å². The lowest BCUT2D eigenvalue weighted by Crippen LogP contribution is -2.66. The van der Waals surface area contributed by atoms with Gasteiger partial charge in [0.1, 0.15) is 36.3 Å². The molecule has 23 atom stereocenters. The molecule has 0 aromatic carbocycles. The molecule has 334 valence electrons. The fraction of sp³-hybridized carbons (Fsp3) is 0.909. The second-order valence-electron chi connectivity index (χ2n) is 20.7. The van der Waals surface area contributed by atoms with E-state index in [0.717, 1.165) is 32.1 Å². The van der Waals surface area contributed by atoms with E-state index in [0.29, 0.717) is 43.3 Å². The molecule has 7 fully saturated rings. The summed E-state index contributed by atoms with van der Waals surface area (Å²) in [6, 6.07) is 0. The van der Waals surface area contributed by atoms with Crippen LogP contribution in [-0.2, 0) is 33.3 Å². The van der Waals surface area contributed by atoms with Crippen molar-refractivity contribution in [3.8, 4) is 0 Å². The number of hydrogen-bond donors (Lipinski definition) is 8. The van der Waals surface area contributed by atoms with Crippen LogP contribution in [0.3, 0.4) is 0 Å². The highest BCUT2D eigenvalue weighted by atomic mass is 16.7. The third-order valence-electron chi connectivity index (χ3n) is 16.8. The Kier molecular flexibility index (Phi) is 12.3. The summed E-state index contributed by atoms with van der Waals surface area (Å²) in [5.74, 6) is -2.51. The number of fused-ring (bicyclic) bond motifs is 10. The van der Waals surface area contributed by atoms with Gasteiger partial charge in [-0.3, -0.25) is 4.79 Å². The molecule has 15 heteroatoms. The minimum absolute atomic E-state index is 0.0555. The van der Waals surface area contributed by atoms with Gasteiger partial charge in [-0.25, -0.2) is 4.79 Å². The first kappa shape index (κ1) is 44.0. The highest BCUT2D eigenvalue weighted by Crippen LogP contribution is 2.67. The quantitative estimate of drug-likeness (QED) is 0.178. The Morgan fingerprint density at radius 1 is 0.746 bits per heavy atom. The van der Waals surface area contributed by atoms with Crippen LogP contribution < -0.4 is 0 Å². The van der Waals surface area contributed by atoms with E-state index in [4.69, 9.17) is 23.7 Å². The zero-order valence-electron chi connectivity index (χ0n) is 35.0. The van der Waals surface area contributed by atoms with Crippen LogP contribution in [-0.4, -0.2) is 145 Å². The number of ether oxygens (including phenoxy) is 5. The number of carbonyl (C=O) groups is 2. The summed E-state index contributed by atoms with van der Waals surface area (Å²) in [6.07, 6.45) is -10.9. The van der Waals surface area contributed by atoms with Gasteiger partial charge in [-0.1, -0.05) is 46.3 Å². The van der Waals surface area contributed by atoms with Crippen LogP contribution in [0, 0.1) is 58.2 Å². The smallest absolute Gasteiger partial charge is 0.335 e. The molecule has 15 nitrogen and oxygen atoms in total. The van der Waals surface area contributed by atoms with Gasteiger partial charge >= 0.3 is 5.97 Å². The number of hydrogen-bond acceptors (Lipinski definition) is 14. The Bertz CT molecular complexity index is 1590. The van der Waals surface area contributed by atoms with Gasteiger partial charge in [0.15, 0.2) is 18.7 Å². The fourth-order valence-corrected chi connectivity index (χ4v) is 13.8. The van der Waals surface area contributed by atoms with E-state index in [2.05, 4.69) is 40.7 Å². The third kappa shape index (κ3) is 7.58. The van der Waals surface area contributed by atoms with Gasteiger partial charge in [-0.05, 0) is 97.7 Å². The van der Waals surface area contributed by atoms with Crippen molar-refractivity contribution in [3.05, 3.63) is 11.6 Å². The topological polar surface area (TPSA) is 242 Å². The summed E-state index contributed by atoms with van der Waals surface area (Å²) < 4.78 is 32.1. The molecule has 4 aliphatic carbocycles. The van der Waals surface area contributed by atoms with Crippen LogP contribution in [0.2, 0.25) is 0 Å². The van der Waals surface area contributed by atoms with Crippen molar-refractivity contribution >= 4 is 11.8 Å². The van der Waals surface area contributed by atoms with Gasteiger partial charge in [0.2, 0.25) is 0 Å². The molecule has 59 heavy (non-hydrogen) atoms. The average Bonchev–Trinajstić information content (AvgIpc) is 3.53. The second kappa shape index (κ2) is 16.5. The molecule has 8 aliphatic rings. The minimum atomic E-state index is -1.90. The van der Waals surface area contributed by atoms with Crippen molar-refractivity contribution in [1.29, 1.82) is 0 Å². The molecule has 8 N–H and O–H groups in total. The molecule has 0 aromatic heterocycles. The molecule has 0 spiro atoms. The molecule has 4 aliphatic heterocycles. The maximum Gasteiger partial charge on any atom is 0.335 e. The SMILES string of the molecule is CC(C)CC(=O)C[C@@H](C)[C@H]1CC[C@H]2C3=CC4OC5O[C@H](C(=O)O)[C@@H](O)[C@H](O)[C@@H]5[C@@H]5OC[C@H](O)C(O)[C@H]5C[C@H]5O[C@@H](OC6CC[C@@](C)([C@@H]4C6)[C@H]3CC[C@]12C)[C@H](O)[C@@H](O)[C@H]5O. The maximum absolute atomic E-state index is 13.1.